The lowest BCUT2D eigenvalue weighted by Gasteiger charge is -2.50. The number of ether oxygens (including phenoxy) is 1. The van der Waals surface area contributed by atoms with Crippen LogP contribution in [0.3, 0.4) is 0 Å². The van der Waals surface area contributed by atoms with Crippen LogP contribution in [-0.4, -0.2) is 59.5 Å². The van der Waals surface area contributed by atoms with E-state index in [-0.39, 0.29) is 11.5 Å². The summed E-state index contributed by atoms with van der Waals surface area (Å²) < 4.78 is 5.93. The number of piperidine rings is 1. The zero-order valence-electron chi connectivity index (χ0n) is 12.4. The van der Waals surface area contributed by atoms with Crippen molar-refractivity contribution in [1.82, 2.24) is 10.6 Å². The van der Waals surface area contributed by atoms with Crippen LogP contribution >= 0.6 is 11.8 Å². The molecule has 3 N–H and O–H groups in total. The van der Waals surface area contributed by atoms with Crippen LogP contribution in [0.25, 0.3) is 0 Å². The summed E-state index contributed by atoms with van der Waals surface area (Å²) in [5, 5.41) is 16.6. The Labute approximate surface area is 125 Å². The van der Waals surface area contributed by atoms with E-state index in [0.29, 0.717) is 18.8 Å². The average molecular weight is 302 g/mol. The highest BCUT2D eigenvalue weighted by Crippen LogP contribution is 2.38. The molecule has 0 aliphatic carbocycles. The Morgan fingerprint density at radius 3 is 2.85 bits per heavy atom. The van der Waals surface area contributed by atoms with Crippen molar-refractivity contribution in [2.45, 2.75) is 50.4 Å². The SMILES string of the molecule is CCSCC(=O)N[C@@]1(C)CC2(CCNCC2)OC[C@@H]1O. The van der Waals surface area contributed by atoms with E-state index in [9.17, 15) is 9.90 Å². The third-order valence-electron chi connectivity index (χ3n) is 4.35. The molecule has 1 amide bonds. The second kappa shape index (κ2) is 6.64. The van der Waals surface area contributed by atoms with Gasteiger partial charge in [-0.25, -0.2) is 0 Å². The zero-order chi connectivity index (χ0) is 14.6. The van der Waals surface area contributed by atoms with Gasteiger partial charge in [0.25, 0.3) is 0 Å². The highest BCUT2D eigenvalue weighted by molar-refractivity contribution is 7.99. The van der Waals surface area contributed by atoms with E-state index >= 15 is 0 Å². The Hall–Kier alpha value is -0.300. The van der Waals surface area contributed by atoms with Gasteiger partial charge in [0.1, 0.15) is 6.10 Å². The molecule has 2 aliphatic rings. The van der Waals surface area contributed by atoms with Gasteiger partial charge in [-0.3, -0.25) is 4.79 Å². The van der Waals surface area contributed by atoms with E-state index in [1.165, 1.54) is 0 Å². The minimum absolute atomic E-state index is 0.00406. The number of rotatable bonds is 4. The third kappa shape index (κ3) is 3.67. The number of thioether (sulfide) groups is 1. The van der Waals surface area contributed by atoms with Crippen molar-refractivity contribution >= 4 is 17.7 Å². The van der Waals surface area contributed by atoms with Gasteiger partial charge in [-0.1, -0.05) is 6.92 Å². The Morgan fingerprint density at radius 2 is 2.20 bits per heavy atom. The molecule has 0 aromatic rings. The Kier molecular flexibility index (Phi) is 5.34. The van der Waals surface area contributed by atoms with Crippen molar-refractivity contribution in [2.24, 2.45) is 0 Å². The molecule has 2 fully saturated rings. The van der Waals surface area contributed by atoms with E-state index < -0.39 is 11.6 Å². The van der Waals surface area contributed by atoms with E-state index in [1.807, 2.05) is 13.8 Å². The third-order valence-corrected chi connectivity index (χ3v) is 5.22. The molecular weight excluding hydrogens is 276 g/mol. The fourth-order valence-corrected chi connectivity index (χ4v) is 3.62. The molecule has 0 saturated carbocycles. The lowest BCUT2D eigenvalue weighted by molar-refractivity contribution is -0.173. The molecule has 1 spiro atoms. The number of hydrogen-bond donors (Lipinski definition) is 3. The highest BCUT2D eigenvalue weighted by atomic mass is 32.2. The smallest absolute Gasteiger partial charge is 0.230 e. The predicted molar refractivity (Wildman–Crippen MR) is 81.0 cm³/mol. The number of carbonyl (C=O) groups excluding carboxylic acids is 1. The van der Waals surface area contributed by atoms with Crippen LogP contribution in [0.2, 0.25) is 0 Å². The van der Waals surface area contributed by atoms with Crippen LogP contribution in [0.5, 0.6) is 0 Å². The molecule has 6 heteroatoms. The lowest BCUT2D eigenvalue weighted by Crippen LogP contribution is -2.65. The molecule has 5 nitrogen and oxygen atoms in total. The fraction of sp³-hybridized carbons (Fsp3) is 0.929. The van der Waals surface area contributed by atoms with Crippen LogP contribution in [0.15, 0.2) is 0 Å². The number of aliphatic hydroxyl groups excluding tert-OH is 1. The lowest BCUT2D eigenvalue weighted by atomic mass is 9.75. The van der Waals surface area contributed by atoms with E-state index in [2.05, 4.69) is 10.6 Å². The maximum atomic E-state index is 12.0. The molecular formula is C14H26N2O3S. The summed E-state index contributed by atoms with van der Waals surface area (Å²) in [6.07, 6.45) is 1.92. The summed E-state index contributed by atoms with van der Waals surface area (Å²) in [4.78, 5) is 12.0. The molecule has 0 unspecified atom stereocenters. The molecule has 116 valence electrons. The monoisotopic (exact) mass is 302 g/mol. The normalized spacial score (nSPS) is 33.0. The standard InChI is InChI=1S/C14H26N2O3S/c1-3-20-9-12(18)16-13(2)10-14(19-8-11(13)17)4-6-15-7-5-14/h11,15,17H,3-10H2,1-2H3,(H,16,18)/t11-,13-/m0/s1. The first kappa shape index (κ1) is 16.1. The maximum Gasteiger partial charge on any atom is 0.230 e. The van der Waals surface area contributed by atoms with Crippen molar-refractivity contribution in [3.05, 3.63) is 0 Å². The van der Waals surface area contributed by atoms with Gasteiger partial charge in [-0.15, -0.1) is 0 Å². The summed E-state index contributed by atoms with van der Waals surface area (Å²) in [5.74, 6) is 1.38. The van der Waals surface area contributed by atoms with Gasteiger partial charge in [0, 0.05) is 6.42 Å². The number of carbonyl (C=O) groups is 1. The second-order valence-electron chi connectivity index (χ2n) is 6.04. The summed E-state index contributed by atoms with van der Waals surface area (Å²) >= 11 is 1.60. The quantitative estimate of drug-likeness (QED) is 0.706. The minimum atomic E-state index is -0.640. The van der Waals surface area contributed by atoms with Crippen LogP contribution in [0, 0.1) is 0 Å². The van der Waals surface area contributed by atoms with Gasteiger partial charge < -0.3 is 20.5 Å². The molecule has 2 heterocycles. The molecule has 0 radical (unpaired) electrons. The largest absolute Gasteiger partial charge is 0.388 e. The van der Waals surface area contributed by atoms with Gasteiger partial charge in [0.2, 0.25) is 5.91 Å². The molecule has 2 rings (SSSR count). The van der Waals surface area contributed by atoms with Crippen LogP contribution in [0.4, 0.5) is 0 Å². The number of amides is 1. The van der Waals surface area contributed by atoms with Crippen molar-refractivity contribution < 1.29 is 14.6 Å². The van der Waals surface area contributed by atoms with Crippen LogP contribution < -0.4 is 10.6 Å². The van der Waals surface area contributed by atoms with Crippen molar-refractivity contribution in [2.75, 3.05) is 31.2 Å². The highest BCUT2D eigenvalue weighted by Gasteiger charge is 2.49. The van der Waals surface area contributed by atoms with Gasteiger partial charge in [-0.2, -0.15) is 11.8 Å². The summed E-state index contributed by atoms with van der Waals surface area (Å²) in [7, 11) is 0. The second-order valence-corrected chi connectivity index (χ2v) is 7.31. The molecule has 2 saturated heterocycles. The topological polar surface area (TPSA) is 70.6 Å². The minimum Gasteiger partial charge on any atom is -0.388 e. The number of aliphatic hydroxyl groups is 1. The Morgan fingerprint density at radius 1 is 1.50 bits per heavy atom. The molecule has 0 aromatic carbocycles. The van der Waals surface area contributed by atoms with Gasteiger partial charge >= 0.3 is 0 Å². The van der Waals surface area contributed by atoms with Crippen molar-refractivity contribution in [3.8, 4) is 0 Å². The first-order chi connectivity index (χ1) is 9.50. The van der Waals surface area contributed by atoms with E-state index in [0.717, 1.165) is 31.7 Å². The number of hydrogen-bond acceptors (Lipinski definition) is 5. The zero-order valence-corrected chi connectivity index (χ0v) is 13.2. The predicted octanol–water partition coefficient (Wildman–Crippen LogP) is 0.518. The molecule has 0 bridgehead atoms. The molecule has 2 aliphatic heterocycles. The first-order valence-electron chi connectivity index (χ1n) is 7.41. The van der Waals surface area contributed by atoms with Gasteiger partial charge in [0.05, 0.1) is 23.5 Å². The molecule has 0 aromatic heterocycles. The molecule has 20 heavy (non-hydrogen) atoms. The van der Waals surface area contributed by atoms with Crippen LogP contribution in [0.1, 0.15) is 33.1 Å². The van der Waals surface area contributed by atoms with Crippen molar-refractivity contribution in [3.63, 3.8) is 0 Å². The molecule has 2 atom stereocenters. The summed E-state index contributed by atoms with van der Waals surface area (Å²) in [6.45, 7) is 6.15. The first-order valence-corrected chi connectivity index (χ1v) is 8.57. The fourth-order valence-electron chi connectivity index (χ4n) is 3.16. The maximum absolute atomic E-state index is 12.0. The van der Waals surface area contributed by atoms with Gasteiger partial charge in [0.15, 0.2) is 0 Å². The summed E-state index contributed by atoms with van der Waals surface area (Å²) in [5.41, 5.74) is -0.772. The van der Waals surface area contributed by atoms with E-state index in [4.69, 9.17) is 4.74 Å². The Balaban J connectivity index is 2.01. The Bertz CT molecular complexity index is 347. The van der Waals surface area contributed by atoms with Crippen LogP contribution in [-0.2, 0) is 9.53 Å². The van der Waals surface area contributed by atoms with Gasteiger partial charge in [-0.05, 0) is 38.6 Å². The van der Waals surface area contributed by atoms with Crippen molar-refractivity contribution in [1.29, 1.82) is 0 Å². The number of nitrogens with one attached hydrogen (secondary N) is 2. The van der Waals surface area contributed by atoms with E-state index in [1.54, 1.807) is 11.8 Å². The average Bonchev–Trinajstić information content (AvgIpc) is 2.42. The summed E-state index contributed by atoms with van der Waals surface area (Å²) in [6, 6.07) is 0.